The van der Waals surface area contributed by atoms with Crippen molar-refractivity contribution in [2.24, 2.45) is 11.3 Å². The van der Waals surface area contributed by atoms with Crippen LogP contribution in [0.3, 0.4) is 0 Å². The molecule has 3 aliphatic rings. The van der Waals surface area contributed by atoms with Crippen molar-refractivity contribution in [2.75, 3.05) is 24.3 Å². The molecule has 228 valence electrons. The molecule has 0 radical (unpaired) electrons. The van der Waals surface area contributed by atoms with E-state index in [-0.39, 0.29) is 17.0 Å². The van der Waals surface area contributed by atoms with Crippen LogP contribution in [-0.4, -0.2) is 34.2 Å². The molecule has 10 nitrogen and oxygen atoms in total. The number of fused-ring (bicyclic) bond motifs is 2. The van der Waals surface area contributed by atoms with Crippen LogP contribution in [0.2, 0.25) is 0 Å². The monoisotopic (exact) mass is 599 g/mol. The maximum Gasteiger partial charge on any atom is 0.221 e. The van der Waals surface area contributed by atoms with Gasteiger partial charge >= 0.3 is 0 Å². The van der Waals surface area contributed by atoms with Crippen LogP contribution in [0.25, 0.3) is 21.7 Å². The number of nitrogens with one attached hydrogen (secondary N) is 4. The van der Waals surface area contributed by atoms with E-state index in [1.807, 2.05) is 30.3 Å². The van der Waals surface area contributed by atoms with Crippen molar-refractivity contribution in [1.82, 2.24) is 25.9 Å². The Hall–Kier alpha value is -5.06. The number of hydrogen-bond acceptors (Lipinski definition) is 10. The standard InChI is InChI=1S/C35H37N9O/c1-34(2,3)20-40-31-22(17-37)18-39-30-21(16-36)14-24(15-28(30)31)41-32(26-6-5-7-27-25(26)10-13-38-33(27)45-4)29-19-44(43-42-29)35(11-12-35)23-8-9-23/h5-7,10,13-15,18-19,23,32,41-43H,8-9,11-12,20H2,1-4H3,(H,39,40)/t32-/m0/s1. The average Bonchev–Trinajstić information content (AvgIpc) is 3.98. The van der Waals surface area contributed by atoms with Gasteiger partial charge in [0, 0.05) is 41.6 Å². The van der Waals surface area contributed by atoms with Crippen molar-refractivity contribution >= 4 is 33.1 Å². The Bertz CT molecular complexity index is 1920. The molecular formula is C35H37N9O. The van der Waals surface area contributed by atoms with E-state index in [2.05, 4.69) is 81.7 Å². The Morgan fingerprint density at radius 3 is 2.56 bits per heavy atom. The van der Waals surface area contributed by atoms with Gasteiger partial charge in [0.15, 0.2) is 0 Å². The molecule has 2 saturated carbocycles. The maximum atomic E-state index is 10.2. The highest BCUT2D eigenvalue weighted by Gasteiger charge is 2.58. The molecule has 1 aliphatic heterocycles. The summed E-state index contributed by atoms with van der Waals surface area (Å²) in [4.78, 5) is 8.97. The van der Waals surface area contributed by atoms with Crippen molar-refractivity contribution < 1.29 is 4.74 Å². The molecule has 2 aromatic heterocycles. The molecule has 10 heteroatoms. The van der Waals surface area contributed by atoms with Crippen molar-refractivity contribution in [3.63, 3.8) is 0 Å². The zero-order valence-corrected chi connectivity index (χ0v) is 26.0. The molecule has 2 fully saturated rings. The molecule has 0 amide bonds. The number of ether oxygens (including phenoxy) is 1. The first kappa shape index (κ1) is 28.7. The van der Waals surface area contributed by atoms with Crippen LogP contribution in [0.4, 0.5) is 11.4 Å². The Balaban J connectivity index is 1.36. The van der Waals surface area contributed by atoms with Crippen LogP contribution >= 0.6 is 0 Å². The third-order valence-corrected chi connectivity index (χ3v) is 9.11. The van der Waals surface area contributed by atoms with Crippen molar-refractivity contribution in [3.8, 4) is 18.0 Å². The second-order valence-corrected chi connectivity index (χ2v) is 13.5. The molecular weight excluding hydrogens is 562 g/mol. The van der Waals surface area contributed by atoms with Gasteiger partial charge in [0.05, 0.1) is 46.7 Å². The van der Waals surface area contributed by atoms with Gasteiger partial charge in [-0.2, -0.15) is 10.5 Å². The van der Waals surface area contributed by atoms with E-state index in [0.29, 0.717) is 34.8 Å². The van der Waals surface area contributed by atoms with Gasteiger partial charge in [0.2, 0.25) is 5.88 Å². The van der Waals surface area contributed by atoms with Gasteiger partial charge in [-0.1, -0.05) is 32.9 Å². The molecule has 0 saturated heterocycles. The predicted octanol–water partition coefficient (Wildman–Crippen LogP) is 6.25. The van der Waals surface area contributed by atoms with Crippen LogP contribution in [0.5, 0.6) is 5.88 Å². The van der Waals surface area contributed by atoms with Crippen LogP contribution in [0.15, 0.2) is 60.7 Å². The molecule has 7 rings (SSSR count). The van der Waals surface area contributed by atoms with Gasteiger partial charge < -0.3 is 20.8 Å². The molecule has 0 bridgehead atoms. The molecule has 2 aliphatic carbocycles. The topological polar surface area (TPSA) is 134 Å². The van der Waals surface area contributed by atoms with E-state index in [9.17, 15) is 10.5 Å². The van der Waals surface area contributed by atoms with Gasteiger partial charge in [0.25, 0.3) is 0 Å². The molecule has 2 aromatic carbocycles. The summed E-state index contributed by atoms with van der Waals surface area (Å²) in [5.41, 5.74) is 11.9. The molecule has 4 N–H and O–H groups in total. The zero-order chi connectivity index (χ0) is 31.3. The SMILES string of the molecule is COc1nccc2c([C@H](Nc3cc(C#N)c4ncc(C#N)c(NCC(C)(C)C)c4c3)C3=CN(C4(C5CC5)CC4)NN3)cccc12. The van der Waals surface area contributed by atoms with Crippen molar-refractivity contribution in [3.05, 3.63) is 77.4 Å². The fourth-order valence-corrected chi connectivity index (χ4v) is 6.52. The molecule has 1 atom stereocenters. The Morgan fingerprint density at radius 1 is 1.07 bits per heavy atom. The lowest BCUT2D eigenvalue weighted by atomic mass is 9.95. The molecule has 0 unspecified atom stereocenters. The normalized spacial score (nSPS) is 17.6. The number of nitrogens with zero attached hydrogens (tertiary/aromatic N) is 5. The third-order valence-electron chi connectivity index (χ3n) is 9.11. The van der Waals surface area contributed by atoms with Crippen LogP contribution in [0, 0.1) is 34.0 Å². The number of benzene rings is 2. The highest BCUT2D eigenvalue weighted by Crippen LogP contribution is 2.57. The summed E-state index contributed by atoms with van der Waals surface area (Å²) in [6.45, 7) is 7.06. The fourth-order valence-electron chi connectivity index (χ4n) is 6.52. The van der Waals surface area contributed by atoms with Gasteiger partial charge in [0.1, 0.15) is 12.1 Å². The van der Waals surface area contributed by atoms with E-state index in [4.69, 9.17) is 4.74 Å². The highest BCUT2D eigenvalue weighted by molar-refractivity contribution is 5.99. The highest BCUT2D eigenvalue weighted by atomic mass is 16.5. The minimum absolute atomic E-state index is 0.0233. The summed E-state index contributed by atoms with van der Waals surface area (Å²) < 4.78 is 5.61. The number of aromatic nitrogens is 2. The second kappa shape index (κ2) is 10.8. The lowest BCUT2D eigenvalue weighted by molar-refractivity contribution is 0.156. The number of rotatable bonds is 9. The first-order valence-electron chi connectivity index (χ1n) is 15.5. The van der Waals surface area contributed by atoms with Crippen molar-refractivity contribution in [1.29, 1.82) is 10.5 Å². The van der Waals surface area contributed by atoms with E-state index >= 15 is 0 Å². The number of nitriles is 2. The largest absolute Gasteiger partial charge is 0.481 e. The summed E-state index contributed by atoms with van der Waals surface area (Å²) in [5, 5.41) is 32.3. The van der Waals surface area contributed by atoms with Crippen LogP contribution in [0.1, 0.15) is 69.2 Å². The summed E-state index contributed by atoms with van der Waals surface area (Å²) in [6, 6.07) is 16.3. The summed E-state index contributed by atoms with van der Waals surface area (Å²) in [6.07, 6.45) is 10.4. The third kappa shape index (κ3) is 5.22. The quantitative estimate of drug-likeness (QED) is 0.175. The summed E-state index contributed by atoms with van der Waals surface area (Å²) in [5.74, 6) is 1.29. The van der Waals surface area contributed by atoms with Crippen molar-refractivity contribution in [2.45, 2.75) is 58.0 Å². The first-order chi connectivity index (χ1) is 21.7. The summed E-state index contributed by atoms with van der Waals surface area (Å²) in [7, 11) is 1.63. The molecule has 3 heterocycles. The molecule has 4 aromatic rings. The number of hydrazine groups is 2. The van der Waals surface area contributed by atoms with E-state index in [1.165, 1.54) is 25.7 Å². The minimum Gasteiger partial charge on any atom is -0.481 e. The lowest BCUT2D eigenvalue weighted by Crippen LogP contribution is -2.46. The number of hydrogen-bond donors (Lipinski definition) is 4. The Kier molecular flexibility index (Phi) is 6.91. The molecule has 0 spiro atoms. The fraction of sp³-hybridized carbons (Fsp3) is 0.371. The smallest absolute Gasteiger partial charge is 0.221 e. The zero-order valence-electron chi connectivity index (χ0n) is 26.0. The van der Waals surface area contributed by atoms with E-state index in [1.54, 1.807) is 19.5 Å². The van der Waals surface area contributed by atoms with E-state index in [0.717, 1.165) is 39.0 Å². The van der Waals surface area contributed by atoms with Crippen LogP contribution in [-0.2, 0) is 0 Å². The number of methoxy groups -OCH3 is 1. The summed E-state index contributed by atoms with van der Waals surface area (Å²) >= 11 is 0. The lowest BCUT2D eigenvalue weighted by Gasteiger charge is -2.26. The van der Waals surface area contributed by atoms with E-state index < -0.39 is 0 Å². The maximum absolute atomic E-state index is 10.2. The van der Waals surface area contributed by atoms with Gasteiger partial charge in [-0.25, -0.2) is 4.98 Å². The minimum atomic E-state index is -0.324. The van der Waals surface area contributed by atoms with Crippen LogP contribution < -0.4 is 26.3 Å². The predicted molar refractivity (Wildman–Crippen MR) is 175 cm³/mol. The Morgan fingerprint density at radius 2 is 1.87 bits per heavy atom. The average molecular weight is 600 g/mol. The van der Waals surface area contributed by atoms with Gasteiger partial charge in [-0.15, -0.1) is 5.53 Å². The number of anilines is 2. The number of pyridine rings is 2. The Labute approximate surface area is 263 Å². The second-order valence-electron chi connectivity index (χ2n) is 13.5. The van der Waals surface area contributed by atoms with Gasteiger partial charge in [-0.05, 0) is 72.2 Å². The first-order valence-corrected chi connectivity index (χ1v) is 15.5. The van der Waals surface area contributed by atoms with Gasteiger partial charge in [-0.3, -0.25) is 9.99 Å². The molecule has 45 heavy (non-hydrogen) atoms.